The van der Waals surface area contributed by atoms with E-state index in [2.05, 4.69) is 16.2 Å². The highest BCUT2D eigenvalue weighted by Crippen LogP contribution is 2.03. The molecule has 0 aliphatic carbocycles. The minimum atomic E-state index is -0.196. The Morgan fingerprint density at radius 2 is 2.38 bits per heavy atom. The molecule has 16 heavy (non-hydrogen) atoms. The molecule has 0 aliphatic heterocycles. The Bertz CT molecular complexity index is 407. The summed E-state index contributed by atoms with van der Waals surface area (Å²) in [5.74, 6) is 2.41. The standard InChI is InChI=1S/C13H16N2O/c1-4-6-12(5-2)15-13(16)11-7-10(3)8-14-9-11/h2,7-9,12H,4,6H2,1,3H3,(H,15,16). The van der Waals surface area contributed by atoms with Gasteiger partial charge in [0.05, 0.1) is 11.6 Å². The van der Waals surface area contributed by atoms with Gasteiger partial charge >= 0.3 is 0 Å². The summed E-state index contributed by atoms with van der Waals surface area (Å²) in [6.45, 7) is 3.93. The van der Waals surface area contributed by atoms with Gasteiger partial charge in [0.15, 0.2) is 0 Å². The molecule has 0 aromatic carbocycles. The van der Waals surface area contributed by atoms with Crippen LogP contribution in [0, 0.1) is 19.3 Å². The molecular formula is C13H16N2O. The number of hydrogen-bond donors (Lipinski definition) is 1. The average Bonchev–Trinajstić information content (AvgIpc) is 2.28. The van der Waals surface area contributed by atoms with Crippen LogP contribution in [-0.4, -0.2) is 16.9 Å². The molecule has 0 aliphatic rings. The van der Waals surface area contributed by atoms with E-state index in [4.69, 9.17) is 6.42 Å². The molecule has 0 saturated heterocycles. The third kappa shape index (κ3) is 3.39. The largest absolute Gasteiger partial charge is 0.338 e. The van der Waals surface area contributed by atoms with Gasteiger partial charge < -0.3 is 5.32 Å². The Labute approximate surface area is 96.3 Å². The quantitative estimate of drug-likeness (QED) is 0.781. The van der Waals surface area contributed by atoms with Crippen molar-refractivity contribution >= 4 is 5.91 Å². The summed E-state index contributed by atoms with van der Waals surface area (Å²) in [5, 5.41) is 2.80. The molecule has 1 N–H and O–H groups in total. The number of carbonyl (C=O) groups excluding carboxylic acids is 1. The first-order valence-electron chi connectivity index (χ1n) is 5.36. The minimum absolute atomic E-state index is 0.160. The van der Waals surface area contributed by atoms with Crippen LogP contribution < -0.4 is 5.32 Å². The number of aryl methyl sites for hydroxylation is 1. The van der Waals surface area contributed by atoms with E-state index in [1.54, 1.807) is 18.5 Å². The summed E-state index contributed by atoms with van der Waals surface area (Å²) in [5.41, 5.74) is 1.51. The van der Waals surface area contributed by atoms with E-state index in [0.717, 1.165) is 18.4 Å². The smallest absolute Gasteiger partial charge is 0.253 e. The first kappa shape index (κ1) is 12.3. The van der Waals surface area contributed by atoms with E-state index < -0.39 is 0 Å². The molecule has 1 rings (SSSR count). The van der Waals surface area contributed by atoms with E-state index in [-0.39, 0.29) is 11.9 Å². The van der Waals surface area contributed by atoms with Crippen molar-refractivity contribution in [1.29, 1.82) is 0 Å². The minimum Gasteiger partial charge on any atom is -0.338 e. The predicted octanol–water partition coefficient (Wildman–Crippen LogP) is 1.92. The van der Waals surface area contributed by atoms with Crippen molar-refractivity contribution in [3.63, 3.8) is 0 Å². The number of pyridine rings is 1. The van der Waals surface area contributed by atoms with Gasteiger partial charge in [-0.25, -0.2) is 0 Å². The molecule has 84 valence electrons. The summed E-state index contributed by atoms with van der Waals surface area (Å²) in [6, 6.07) is 1.60. The fraction of sp³-hybridized carbons (Fsp3) is 0.385. The van der Waals surface area contributed by atoms with Crippen molar-refractivity contribution in [2.75, 3.05) is 0 Å². The molecule has 0 bridgehead atoms. The van der Waals surface area contributed by atoms with Gasteiger partial charge in [0.25, 0.3) is 5.91 Å². The Kier molecular flexibility index (Phi) is 4.53. The first-order chi connectivity index (χ1) is 7.67. The Hall–Kier alpha value is -1.82. The lowest BCUT2D eigenvalue weighted by atomic mass is 10.1. The number of carbonyl (C=O) groups is 1. The number of nitrogens with one attached hydrogen (secondary N) is 1. The van der Waals surface area contributed by atoms with Crippen molar-refractivity contribution in [1.82, 2.24) is 10.3 Å². The SMILES string of the molecule is C#CC(CCC)NC(=O)c1cncc(C)c1. The van der Waals surface area contributed by atoms with Gasteiger partial charge in [-0.05, 0) is 25.0 Å². The zero-order valence-electron chi connectivity index (χ0n) is 9.66. The highest BCUT2D eigenvalue weighted by atomic mass is 16.1. The van der Waals surface area contributed by atoms with Gasteiger partial charge in [0.2, 0.25) is 0 Å². The second-order valence-corrected chi connectivity index (χ2v) is 3.73. The van der Waals surface area contributed by atoms with E-state index in [1.807, 2.05) is 13.8 Å². The Balaban J connectivity index is 2.69. The zero-order valence-corrected chi connectivity index (χ0v) is 9.66. The van der Waals surface area contributed by atoms with Crippen LogP contribution in [0.25, 0.3) is 0 Å². The number of nitrogens with zero attached hydrogens (tertiary/aromatic N) is 1. The molecule has 3 nitrogen and oxygen atoms in total. The summed E-state index contributed by atoms with van der Waals surface area (Å²) in [7, 11) is 0. The van der Waals surface area contributed by atoms with Gasteiger partial charge in [-0.15, -0.1) is 6.42 Å². The van der Waals surface area contributed by atoms with Crippen LogP contribution in [0.3, 0.4) is 0 Å². The van der Waals surface area contributed by atoms with Crippen molar-refractivity contribution in [2.45, 2.75) is 32.7 Å². The lowest BCUT2D eigenvalue weighted by Crippen LogP contribution is -2.33. The third-order valence-electron chi connectivity index (χ3n) is 2.22. The van der Waals surface area contributed by atoms with E-state index in [0.29, 0.717) is 5.56 Å². The lowest BCUT2D eigenvalue weighted by Gasteiger charge is -2.11. The van der Waals surface area contributed by atoms with Gasteiger partial charge in [0.1, 0.15) is 0 Å². The molecule has 1 amide bonds. The summed E-state index contributed by atoms with van der Waals surface area (Å²) in [4.78, 5) is 15.8. The number of aromatic nitrogens is 1. The van der Waals surface area contributed by atoms with Crippen LogP contribution in [0.2, 0.25) is 0 Å². The molecule has 1 unspecified atom stereocenters. The molecular weight excluding hydrogens is 200 g/mol. The number of hydrogen-bond acceptors (Lipinski definition) is 2. The number of terminal acetylenes is 1. The van der Waals surface area contributed by atoms with Crippen LogP contribution in [0.4, 0.5) is 0 Å². The molecule has 0 radical (unpaired) electrons. The summed E-state index contributed by atoms with van der Waals surface area (Å²) < 4.78 is 0. The maximum atomic E-state index is 11.8. The molecule has 1 aromatic rings. The monoisotopic (exact) mass is 216 g/mol. The van der Waals surface area contributed by atoms with Gasteiger partial charge in [-0.2, -0.15) is 0 Å². The topological polar surface area (TPSA) is 42.0 Å². The van der Waals surface area contributed by atoms with Crippen molar-refractivity contribution in [2.24, 2.45) is 0 Å². The highest BCUT2D eigenvalue weighted by molar-refractivity contribution is 5.94. The number of amides is 1. The highest BCUT2D eigenvalue weighted by Gasteiger charge is 2.10. The van der Waals surface area contributed by atoms with Gasteiger partial charge in [-0.3, -0.25) is 9.78 Å². The molecule has 0 fully saturated rings. The van der Waals surface area contributed by atoms with Gasteiger partial charge in [-0.1, -0.05) is 19.3 Å². The normalized spacial score (nSPS) is 11.6. The number of rotatable bonds is 4. The summed E-state index contributed by atoms with van der Waals surface area (Å²) >= 11 is 0. The van der Waals surface area contributed by atoms with E-state index >= 15 is 0 Å². The molecule has 1 atom stereocenters. The van der Waals surface area contributed by atoms with Crippen molar-refractivity contribution in [3.05, 3.63) is 29.6 Å². The third-order valence-corrected chi connectivity index (χ3v) is 2.22. The molecule has 3 heteroatoms. The Morgan fingerprint density at radius 1 is 1.62 bits per heavy atom. The van der Waals surface area contributed by atoms with Gasteiger partial charge in [0, 0.05) is 12.4 Å². The molecule has 0 spiro atoms. The second kappa shape index (κ2) is 5.92. The van der Waals surface area contributed by atoms with Crippen LogP contribution in [-0.2, 0) is 0 Å². The van der Waals surface area contributed by atoms with Crippen molar-refractivity contribution in [3.8, 4) is 12.3 Å². The van der Waals surface area contributed by atoms with Crippen molar-refractivity contribution < 1.29 is 4.79 Å². The van der Waals surface area contributed by atoms with E-state index in [1.165, 1.54) is 0 Å². The van der Waals surface area contributed by atoms with Crippen LogP contribution >= 0.6 is 0 Å². The molecule has 0 saturated carbocycles. The average molecular weight is 216 g/mol. The fourth-order valence-corrected chi connectivity index (χ4v) is 1.41. The zero-order chi connectivity index (χ0) is 12.0. The molecule has 1 heterocycles. The maximum Gasteiger partial charge on any atom is 0.253 e. The van der Waals surface area contributed by atoms with E-state index in [9.17, 15) is 4.79 Å². The molecule has 1 aromatic heterocycles. The first-order valence-corrected chi connectivity index (χ1v) is 5.36. The lowest BCUT2D eigenvalue weighted by molar-refractivity contribution is 0.0944. The maximum absolute atomic E-state index is 11.8. The van der Waals surface area contributed by atoms with Crippen LogP contribution in [0.5, 0.6) is 0 Å². The summed E-state index contributed by atoms with van der Waals surface area (Å²) in [6.07, 6.45) is 10.3. The Morgan fingerprint density at radius 3 is 2.94 bits per heavy atom. The van der Waals surface area contributed by atoms with Crippen LogP contribution in [0.15, 0.2) is 18.5 Å². The van der Waals surface area contributed by atoms with Crippen LogP contribution in [0.1, 0.15) is 35.7 Å². The fourth-order valence-electron chi connectivity index (χ4n) is 1.41. The second-order valence-electron chi connectivity index (χ2n) is 3.73. The predicted molar refractivity (Wildman–Crippen MR) is 64.0 cm³/mol.